The molecule has 1 heterocycles. The van der Waals surface area contributed by atoms with Crippen molar-refractivity contribution in [3.8, 4) is 0 Å². The van der Waals surface area contributed by atoms with Gasteiger partial charge in [-0.2, -0.15) is 0 Å². The van der Waals surface area contributed by atoms with E-state index in [9.17, 15) is 14.7 Å². The van der Waals surface area contributed by atoms with E-state index in [4.69, 9.17) is 5.11 Å². The second-order valence-corrected chi connectivity index (χ2v) is 7.40. The first-order chi connectivity index (χ1) is 13.0. The van der Waals surface area contributed by atoms with Crippen LogP contribution >= 0.6 is 0 Å². The van der Waals surface area contributed by atoms with Crippen molar-refractivity contribution in [1.82, 2.24) is 4.90 Å². The average Bonchev–Trinajstić information content (AvgIpc) is 2.96. The molecular formula is C22H31NO4. The lowest BCUT2D eigenvalue weighted by molar-refractivity contribution is -0.137. The highest BCUT2D eigenvalue weighted by molar-refractivity contribution is 5.79. The van der Waals surface area contributed by atoms with E-state index in [0.29, 0.717) is 25.8 Å². The molecule has 0 bridgehead atoms. The summed E-state index contributed by atoms with van der Waals surface area (Å²) in [5.74, 6) is -0.581. The van der Waals surface area contributed by atoms with Crippen LogP contribution in [0.5, 0.6) is 0 Å². The van der Waals surface area contributed by atoms with Crippen LogP contribution in [-0.4, -0.2) is 45.7 Å². The summed E-state index contributed by atoms with van der Waals surface area (Å²) < 4.78 is 0. The topological polar surface area (TPSA) is 77.8 Å². The number of carbonyl (C=O) groups is 2. The van der Waals surface area contributed by atoms with Gasteiger partial charge in [0.1, 0.15) is 0 Å². The quantitative estimate of drug-likeness (QED) is 0.460. The molecule has 0 saturated carbocycles. The molecule has 0 radical (unpaired) electrons. The Morgan fingerprint density at radius 3 is 2.81 bits per heavy atom. The van der Waals surface area contributed by atoms with Gasteiger partial charge in [-0.15, -0.1) is 0 Å². The van der Waals surface area contributed by atoms with Crippen molar-refractivity contribution in [2.24, 2.45) is 0 Å². The molecule has 1 amide bonds. The Balaban J connectivity index is 1.77. The summed E-state index contributed by atoms with van der Waals surface area (Å²) in [7, 11) is 0. The third kappa shape index (κ3) is 7.55. The number of hydrogen-bond acceptors (Lipinski definition) is 3. The van der Waals surface area contributed by atoms with E-state index in [-0.39, 0.29) is 18.4 Å². The van der Waals surface area contributed by atoms with Gasteiger partial charge in [0.25, 0.3) is 0 Å². The van der Waals surface area contributed by atoms with E-state index in [1.54, 1.807) is 0 Å². The minimum absolute atomic E-state index is 0.0590. The molecule has 148 valence electrons. The van der Waals surface area contributed by atoms with Crippen LogP contribution in [0.3, 0.4) is 0 Å². The number of amides is 1. The monoisotopic (exact) mass is 373 g/mol. The maximum absolute atomic E-state index is 12.1. The predicted octanol–water partition coefficient (Wildman–Crippen LogP) is 3.48. The lowest BCUT2D eigenvalue weighted by Gasteiger charge is -2.22. The molecule has 1 fully saturated rings. The zero-order chi connectivity index (χ0) is 19.6. The van der Waals surface area contributed by atoms with Crippen LogP contribution in [0.15, 0.2) is 36.4 Å². The molecule has 5 heteroatoms. The van der Waals surface area contributed by atoms with Crippen LogP contribution in [0.1, 0.15) is 56.1 Å². The lowest BCUT2D eigenvalue weighted by Crippen LogP contribution is -2.32. The van der Waals surface area contributed by atoms with Crippen molar-refractivity contribution in [2.45, 2.75) is 70.4 Å². The fourth-order valence-corrected chi connectivity index (χ4v) is 3.56. The molecule has 0 unspecified atom stereocenters. The number of benzene rings is 1. The molecule has 0 aliphatic carbocycles. The predicted molar refractivity (Wildman–Crippen MR) is 105 cm³/mol. The van der Waals surface area contributed by atoms with Crippen LogP contribution in [0, 0.1) is 6.92 Å². The number of carboxylic acids is 1. The van der Waals surface area contributed by atoms with E-state index in [2.05, 4.69) is 6.07 Å². The van der Waals surface area contributed by atoms with E-state index in [1.165, 1.54) is 5.56 Å². The van der Waals surface area contributed by atoms with Gasteiger partial charge in [-0.3, -0.25) is 9.59 Å². The molecule has 1 aromatic rings. The van der Waals surface area contributed by atoms with Crippen molar-refractivity contribution in [3.05, 3.63) is 47.5 Å². The molecule has 2 atom stereocenters. The highest BCUT2D eigenvalue weighted by atomic mass is 16.4. The lowest BCUT2D eigenvalue weighted by atomic mass is 10.0. The molecular weight excluding hydrogens is 342 g/mol. The Hall–Kier alpha value is -2.14. The number of carboxylic acid groups (broad SMARTS) is 1. The molecule has 1 saturated heterocycles. The average molecular weight is 373 g/mol. The Morgan fingerprint density at radius 1 is 1.30 bits per heavy atom. The number of rotatable bonds is 11. The first kappa shape index (κ1) is 21.2. The van der Waals surface area contributed by atoms with Crippen LogP contribution in [-0.2, 0) is 16.0 Å². The molecule has 1 aliphatic rings. The standard InChI is InChI=1S/C22H31NO4/c1-17-7-6-8-18(15-17)16-20(24)12-10-19-11-13-21(25)23(19)14-5-3-2-4-9-22(26)27/h6-8,10,12,15,19-20,24H,2-5,9,11,13-14,16H2,1H3,(H,26,27)/t19-,20+/m0/s1. The first-order valence-electron chi connectivity index (χ1n) is 9.89. The molecule has 0 aromatic heterocycles. The third-order valence-corrected chi connectivity index (χ3v) is 5.00. The summed E-state index contributed by atoms with van der Waals surface area (Å²) in [6, 6.07) is 8.18. The van der Waals surface area contributed by atoms with Gasteiger partial charge in [-0.05, 0) is 31.7 Å². The molecule has 2 N–H and O–H groups in total. The number of aliphatic hydroxyl groups excluding tert-OH is 1. The Bertz CT molecular complexity index is 655. The molecule has 1 aromatic carbocycles. The maximum Gasteiger partial charge on any atom is 0.303 e. The van der Waals surface area contributed by atoms with Crippen molar-refractivity contribution in [2.75, 3.05) is 6.54 Å². The van der Waals surface area contributed by atoms with Crippen molar-refractivity contribution in [3.63, 3.8) is 0 Å². The summed E-state index contributed by atoms with van der Waals surface area (Å²) in [4.78, 5) is 24.5. The molecule has 2 rings (SSSR count). The second-order valence-electron chi connectivity index (χ2n) is 7.40. The van der Waals surface area contributed by atoms with Gasteiger partial charge in [-0.25, -0.2) is 0 Å². The summed E-state index contributed by atoms with van der Waals surface area (Å²) in [6.07, 6.45) is 8.76. The van der Waals surface area contributed by atoms with Gasteiger partial charge in [0.15, 0.2) is 0 Å². The Labute approximate surface area is 161 Å². The van der Waals surface area contributed by atoms with Crippen LogP contribution < -0.4 is 0 Å². The smallest absolute Gasteiger partial charge is 0.303 e. The number of aliphatic hydroxyl groups is 1. The van der Waals surface area contributed by atoms with E-state index < -0.39 is 12.1 Å². The minimum Gasteiger partial charge on any atom is -0.481 e. The number of likely N-dealkylation sites (tertiary alicyclic amines) is 1. The highest BCUT2D eigenvalue weighted by Gasteiger charge is 2.28. The number of hydrogen-bond donors (Lipinski definition) is 2. The summed E-state index contributed by atoms with van der Waals surface area (Å²) >= 11 is 0. The SMILES string of the molecule is Cc1cccc(C[C@H](O)C=C[C@H]2CCC(=O)N2CCCCCCC(=O)O)c1. The number of nitrogens with zero attached hydrogens (tertiary/aromatic N) is 1. The molecule has 5 nitrogen and oxygen atoms in total. The molecule has 0 spiro atoms. The number of aryl methyl sites for hydroxylation is 1. The summed E-state index contributed by atoms with van der Waals surface area (Å²) in [5.41, 5.74) is 2.28. The van der Waals surface area contributed by atoms with Gasteiger partial charge in [0.2, 0.25) is 5.91 Å². The largest absolute Gasteiger partial charge is 0.481 e. The number of carbonyl (C=O) groups excluding carboxylic acids is 1. The van der Waals surface area contributed by atoms with Gasteiger partial charge in [-0.1, -0.05) is 54.8 Å². The minimum atomic E-state index is -0.751. The Kier molecular flexibility index (Phi) is 8.52. The van der Waals surface area contributed by atoms with Gasteiger partial charge in [0.05, 0.1) is 12.1 Å². The summed E-state index contributed by atoms with van der Waals surface area (Å²) in [6.45, 7) is 2.74. The van der Waals surface area contributed by atoms with Crippen LogP contribution in [0.4, 0.5) is 0 Å². The zero-order valence-electron chi connectivity index (χ0n) is 16.1. The normalized spacial score (nSPS) is 18.4. The molecule has 1 aliphatic heterocycles. The van der Waals surface area contributed by atoms with Crippen LogP contribution in [0.25, 0.3) is 0 Å². The van der Waals surface area contributed by atoms with E-state index in [1.807, 2.05) is 42.2 Å². The number of aliphatic carboxylic acids is 1. The zero-order valence-corrected chi connectivity index (χ0v) is 16.1. The Morgan fingerprint density at radius 2 is 2.07 bits per heavy atom. The molecule has 27 heavy (non-hydrogen) atoms. The third-order valence-electron chi connectivity index (χ3n) is 5.00. The van der Waals surface area contributed by atoms with Crippen LogP contribution in [0.2, 0.25) is 0 Å². The second kappa shape index (κ2) is 10.9. The van der Waals surface area contributed by atoms with Gasteiger partial charge in [0, 0.05) is 25.8 Å². The fraction of sp³-hybridized carbons (Fsp3) is 0.545. The maximum atomic E-state index is 12.1. The van der Waals surface area contributed by atoms with E-state index in [0.717, 1.165) is 31.2 Å². The van der Waals surface area contributed by atoms with E-state index >= 15 is 0 Å². The van der Waals surface area contributed by atoms with Gasteiger partial charge >= 0.3 is 5.97 Å². The summed E-state index contributed by atoms with van der Waals surface area (Å²) in [5, 5.41) is 18.9. The highest BCUT2D eigenvalue weighted by Crippen LogP contribution is 2.21. The fourth-order valence-electron chi connectivity index (χ4n) is 3.56. The van der Waals surface area contributed by atoms with Gasteiger partial charge < -0.3 is 15.1 Å². The first-order valence-corrected chi connectivity index (χ1v) is 9.89. The number of unbranched alkanes of at least 4 members (excludes halogenated alkanes) is 3. The van der Waals surface area contributed by atoms with Crippen molar-refractivity contribution < 1.29 is 19.8 Å². The van der Waals surface area contributed by atoms with Crippen molar-refractivity contribution in [1.29, 1.82) is 0 Å². The van der Waals surface area contributed by atoms with Crippen molar-refractivity contribution >= 4 is 11.9 Å².